The van der Waals surface area contributed by atoms with E-state index in [0.29, 0.717) is 26.1 Å². The molecule has 0 aromatic heterocycles. The average Bonchev–Trinajstić information content (AvgIpc) is 2.39. The number of carbonyl (C=O) groups is 1. The molecule has 0 fully saturated rings. The molecule has 0 aliphatic rings. The van der Waals surface area contributed by atoms with E-state index in [-0.39, 0.29) is 5.56 Å². The number of carboxylic acids is 1. The summed E-state index contributed by atoms with van der Waals surface area (Å²) >= 11 is 0. The maximum Gasteiger partial charge on any atom is 0.335 e. The first-order chi connectivity index (χ1) is 8.69. The van der Waals surface area contributed by atoms with E-state index < -0.39 is 5.97 Å². The number of rotatable bonds is 7. The Labute approximate surface area is 106 Å². The van der Waals surface area contributed by atoms with Gasteiger partial charge in [0.2, 0.25) is 0 Å². The van der Waals surface area contributed by atoms with Crippen LogP contribution in [0.2, 0.25) is 0 Å². The van der Waals surface area contributed by atoms with Gasteiger partial charge < -0.3 is 14.7 Å². The molecular weight excluding hydrogens is 232 g/mol. The van der Waals surface area contributed by atoms with Crippen LogP contribution in [0.1, 0.15) is 16.8 Å². The number of hydrogen-bond acceptors (Lipinski definition) is 4. The van der Waals surface area contributed by atoms with Crippen molar-refractivity contribution in [1.29, 1.82) is 5.26 Å². The number of nitrogens with zero attached hydrogens (tertiary/aromatic N) is 2. The number of ether oxygens (including phenoxy) is 1. The molecule has 0 saturated heterocycles. The maximum absolute atomic E-state index is 10.7. The SMILES string of the molecule is COCCN(CCC#N)c1ccc(C(=O)O)cc1. The Balaban J connectivity index is 2.77. The molecule has 96 valence electrons. The van der Waals surface area contributed by atoms with Gasteiger partial charge in [-0.25, -0.2) is 4.79 Å². The third kappa shape index (κ3) is 4.07. The van der Waals surface area contributed by atoms with Gasteiger partial charge in [-0.15, -0.1) is 0 Å². The van der Waals surface area contributed by atoms with Crippen molar-refractivity contribution in [2.75, 3.05) is 31.7 Å². The van der Waals surface area contributed by atoms with Crippen LogP contribution in [0.15, 0.2) is 24.3 Å². The van der Waals surface area contributed by atoms with E-state index in [4.69, 9.17) is 15.1 Å². The summed E-state index contributed by atoms with van der Waals surface area (Å²) in [6.45, 7) is 1.84. The fraction of sp³-hybridized carbons (Fsp3) is 0.385. The maximum atomic E-state index is 10.7. The van der Waals surface area contributed by atoms with Crippen LogP contribution in [-0.4, -0.2) is 37.9 Å². The lowest BCUT2D eigenvalue weighted by atomic mass is 10.2. The molecule has 18 heavy (non-hydrogen) atoms. The Bertz CT molecular complexity index is 423. The highest BCUT2D eigenvalue weighted by Gasteiger charge is 2.07. The summed E-state index contributed by atoms with van der Waals surface area (Å²) in [5, 5.41) is 17.4. The highest BCUT2D eigenvalue weighted by Crippen LogP contribution is 2.15. The van der Waals surface area contributed by atoms with Crippen LogP contribution in [-0.2, 0) is 4.74 Å². The van der Waals surface area contributed by atoms with Gasteiger partial charge in [-0.05, 0) is 24.3 Å². The Morgan fingerprint density at radius 3 is 2.56 bits per heavy atom. The van der Waals surface area contributed by atoms with Crippen LogP contribution < -0.4 is 4.90 Å². The van der Waals surface area contributed by atoms with Crippen LogP contribution in [0.3, 0.4) is 0 Å². The minimum Gasteiger partial charge on any atom is -0.478 e. The number of carboxylic acid groups (broad SMARTS) is 1. The first-order valence-electron chi connectivity index (χ1n) is 5.63. The predicted octanol–water partition coefficient (Wildman–Crippen LogP) is 1.75. The van der Waals surface area contributed by atoms with E-state index >= 15 is 0 Å². The van der Waals surface area contributed by atoms with Crippen molar-refractivity contribution in [3.05, 3.63) is 29.8 Å². The van der Waals surface area contributed by atoms with Crippen molar-refractivity contribution in [2.24, 2.45) is 0 Å². The van der Waals surface area contributed by atoms with Crippen molar-refractivity contribution in [1.82, 2.24) is 0 Å². The molecule has 1 aromatic rings. The summed E-state index contributed by atoms with van der Waals surface area (Å²) < 4.78 is 5.02. The molecular formula is C13H16N2O3. The number of methoxy groups -OCH3 is 1. The molecule has 0 bridgehead atoms. The molecule has 0 aliphatic heterocycles. The van der Waals surface area contributed by atoms with Crippen LogP contribution >= 0.6 is 0 Å². The molecule has 0 aliphatic carbocycles. The van der Waals surface area contributed by atoms with Gasteiger partial charge >= 0.3 is 5.97 Å². The minimum atomic E-state index is -0.943. The highest BCUT2D eigenvalue weighted by atomic mass is 16.5. The molecule has 0 radical (unpaired) electrons. The van der Waals surface area contributed by atoms with Crippen LogP contribution in [0, 0.1) is 11.3 Å². The molecule has 1 N–H and O–H groups in total. The molecule has 5 heteroatoms. The average molecular weight is 248 g/mol. The number of benzene rings is 1. The summed E-state index contributed by atoms with van der Waals surface area (Å²) in [5.74, 6) is -0.943. The van der Waals surface area contributed by atoms with Crippen molar-refractivity contribution in [3.63, 3.8) is 0 Å². The molecule has 0 unspecified atom stereocenters. The van der Waals surface area contributed by atoms with Gasteiger partial charge in [0.1, 0.15) is 0 Å². The Morgan fingerprint density at radius 2 is 2.06 bits per heavy atom. The zero-order chi connectivity index (χ0) is 13.4. The second-order valence-corrected chi connectivity index (χ2v) is 3.74. The van der Waals surface area contributed by atoms with Gasteiger partial charge in [0, 0.05) is 25.9 Å². The van der Waals surface area contributed by atoms with Crippen molar-refractivity contribution in [3.8, 4) is 6.07 Å². The molecule has 0 saturated carbocycles. The van der Waals surface area contributed by atoms with Crippen molar-refractivity contribution in [2.45, 2.75) is 6.42 Å². The van der Waals surface area contributed by atoms with Crippen LogP contribution in [0.4, 0.5) is 5.69 Å². The normalized spacial score (nSPS) is 9.78. The lowest BCUT2D eigenvalue weighted by molar-refractivity contribution is 0.0697. The van der Waals surface area contributed by atoms with Gasteiger partial charge in [0.15, 0.2) is 0 Å². The predicted molar refractivity (Wildman–Crippen MR) is 67.7 cm³/mol. The lowest BCUT2D eigenvalue weighted by Crippen LogP contribution is -2.28. The van der Waals surface area contributed by atoms with E-state index in [0.717, 1.165) is 5.69 Å². The summed E-state index contributed by atoms with van der Waals surface area (Å²) in [6.07, 6.45) is 0.421. The van der Waals surface area contributed by atoms with Gasteiger partial charge in [-0.2, -0.15) is 5.26 Å². The molecule has 1 aromatic carbocycles. The summed E-state index contributed by atoms with van der Waals surface area (Å²) in [5.41, 5.74) is 1.15. The van der Waals surface area contributed by atoms with E-state index in [2.05, 4.69) is 6.07 Å². The second-order valence-electron chi connectivity index (χ2n) is 3.74. The second kappa shape index (κ2) is 7.30. The topological polar surface area (TPSA) is 73.6 Å². The van der Waals surface area contributed by atoms with E-state index in [1.807, 2.05) is 4.90 Å². The summed E-state index contributed by atoms with van der Waals surface area (Å²) in [7, 11) is 1.62. The smallest absolute Gasteiger partial charge is 0.335 e. The Hall–Kier alpha value is -2.06. The van der Waals surface area contributed by atoms with Crippen molar-refractivity contribution >= 4 is 11.7 Å². The van der Waals surface area contributed by atoms with Crippen LogP contribution in [0.25, 0.3) is 0 Å². The third-order valence-corrected chi connectivity index (χ3v) is 2.54. The molecule has 0 heterocycles. The van der Waals surface area contributed by atoms with Crippen LogP contribution in [0.5, 0.6) is 0 Å². The fourth-order valence-electron chi connectivity index (χ4n) is 1.57. The lowest BCUT2D eigenvalue weighted by Gasteiger charge is -2.23. The molecule has 0 spiro atoms. The monoisotopic (exact) mass is 248 g/mol. The number of nitriles is 1. The van der Waals surface area contributed by atoms with Gasteiger partial charge in [-0.1, -0.05) is 0 Å². The van der Waals surface area contributed by atoms with Gasteiger partial charge in [-0.3, -0.25) is 0 Å². The number of anilines is 1. The largest absolute Gasteiger partial charge is 0.478 e. The molecule has 5 nitrogen and oxygen atoms in total. The quantitative estimate of drug-likeness (QED) is 0.795. The van der Waals surface area contributed by atoms with Crippen molar-refractivity contribution < 1.29 is 14.6 Å². The number of hydrogen-bond donors (Lipinski definition) is 1. The Kier molecular flexibility index (Phi) is 5.68. The fourth-order valence-corrected chi connectivity index (χ4v) is 1.57. The zero-order valence-electron chi connectivity index (χ0n) is 10.3. The van der Waals surface area contributed by atoms with Gasteiger partial charge in [0.05, 0.1) is 24.7 Å². The van der Waals surface area contributed by atoms with E-state index in [1.165, 1.54) is 0 Å². The molecule has 0 atom stereocenters. The first kappa shape index (κ1) is 14.0. The highest BCUT2D eigenvalue weighted by molar-refractivity contribution is 5.88. The zero-order valence-corrected chi connectivity index (χ0v) is 10.3. The molecule has 1 rings (SSSR count). The third-order valence-electron chi connectivity index (χ3n) is 2.54. The minimum absolute atomic E-state index is 0.255. The van der Waals surface area contributed by atoms with E-state index in [9.17, 15) is 4.79 Å². The summed E-state index contributed by atoms with van der Waals surface area (Å²) in [4.78, 5) is 12.7. The Morgan fingerprint density at radius 1 is 1.39 bits per heavy atom. The first-order valence-corrected chi connectivity index (χ1v) is 5.63. The number of aromatic carboxylic acids is 1. The van der Waals surface area contributed by atoms with E-state index in [1.54, 1.807) is 31.4 Å². The molecule has 0 amide bonds. The summed E-state index contributed by atoms with van der Waals surface area (Å²) in [6, 6.07) is 8.71. The standard InChI is InChI=1S/C13H16N2O3/c1-18-10-9-15(8-2-7-14)12-5-3-11(4-6-12)13(16)17/h3-6H,2,8-10H2,1H3,(H,16,17). The van der Waals surface area contributed by atoms with Gasteiger partial charge in [0.25, 0.3) is 0 Å².